The van der Waals surface area contributed by atoms with Crippen LogP contribution in [0.15, 0.2) is 6.20 Å². The normalized spacial score (nSPS) is 32.3. The fraction of sp³-hybridized carbons (Fsp3) is 0.750. The molecular formula is C16H23FN4O3. The summed E-state index contributed by atoms with van der Waals surface area (Å²) in [6, 6.07) is 0.209. The first-order valence-corrected chi connectivity index (χ1v) is 8.50. The molecule has 1 N–H and O–H groups in total. The summed E-state index contributed by atoms with van der Waals surface area (Å²) in [6.07, 6.45) is 2.52. The molecule has 1 aromatic rings. The van der Waals surface area contributed by atoms with E-state index in [4.69, 9.17) is 14.2 Å². The molecule has 0 aromatic carbocycles. The first kappa shape index (κ1) is 16.0. The van der Waals surface area contributed by atoms with E-state index in [0.717, 1.165) is 13.0 Å². The van der Waals surface area contributed by atoms with Crippen LogP contribution in [0.25, 0.3) is 0 Å². The lowest BCUT2D eigenvalue weighted by Crippen LogP contribution is -2.58. The molecule has 0 spiro atoms. The monoisotopic (exact) mass is 338 g/mol. The smallest absolute Gasteiger partial charge is 0.225 e. The second-order valence-electron chi connectivity index (χ2n) is 6.54. The van der Waals surface area contributed by atoms with E-state index in [9.17, 15) is 4.39 Å². The summed E-state index contributed by atoms with van der Waals surface area (Å²) in [5.74, 6) is 1.15. The molecule has 3 aliphatic rings. The van der Waals surface area contributed by atoms with Crippen LogP contribution in [0, 0.1) is 17.7 Å². The van der Waals surface area contributed by atoms with Crippen molar-refractivity contribution >= 4 is 11.8 Å². The maximum absolute atomic E-state index is 14.1. The Morgan fingerprint density at radius 3 is 3.00 bits per heavy atom. The van der Waals surface area contributed by atoms with Crippen LogP contribution in [-0.4, -0.2) is 68.7 Å². The van der Waals surface area contributed by atoms with Crippen molar-refractivity contribution < 1.29 is 18.6 Å². The molecular weight excluding hydrogens is 315 g/mol. The van der Waals surface area contributed by atoms with Gasteiger partial charge in [0.15, 0.2) is 11.6 Å². The lowest BCUT2D eigenvalue weighted by Gasteiger charge is -2.47. The minimum atomic E-state index is -0.397. The van der Waals surface area contributed by atoms with Crippen LogP contribution in [0.3, 0.4) is 0 Å². The van der Waals surface area contributed by atoms with E-state index >= 15 is 0 Å². The molecule has 3 fully saturated rings. The third-order valence-electron chi connectivity index (χ3n) is 5.22. The maximum atomic E-state index is 14.1. The van der Waals surface area contributed by atoms with E-state index in [-0.39, 0.29) is 18.1 Å². The minimum Gasteiger partial charge on any atom is -0.384 e. The zero-order valence-electron chi connectivity index (χ0n) is 13.8. The molecule has 0 radical (unpaired) electrons. The molecule has 7 nitrogen and oxygen atoms in total. The largest absolute Gasteiger partial charge is 0.384 e. The molecule has 0 amide bonds. The molecule has 4 rings (SSSR count). The van der Waals surface area contributed by atoms with Gasteiger partial charge in [-0.2, -0.15) is 4.98 Å². The molecule has 2 aliphatic heterocycles. The van der Waals surface area contributed by atoms with Gasteiger partial charge in [0, 0.05) is 44.7 Å². The second kappa shape index (κ2) is 6.78. The van der Waals surface area contributed by atoms with Gasteiger partial charge in [-0.15, -0.1) is 0 Å². The Bertz CT molecular complexity index is 584. The Morgan fingerprint density at radius 2 is 2.21 bits per heavy atom. The highest BCUT2D eigenvalue weighted by Gasteiger charge is 2.54. The SMILES string of the molecule is COC[C@H]1[C@@H](Nc2ncc(F)c(N3CCOCC3)n2)[C@H]2CCO[C@H]21. The van der Waals surface area contributed by atoms with Gasteiger partial charge in [-0.05, 0) is 6.42 Å². The number of methoxy groups -OCH3 is 1. The fourth-order valence-electron chi connectivity index (χ4n) is 4.01. The highest BCUT2D eigenvalue weighted by Crippen LogP contribution is 2.45. The van der Waals surface area contributed by atoms with Crippen molar-refractivity contribution in [1.29, 1.82) is 0 Å². The van der Waals surface area contributed by atoms with E-state index in [1.165, 1.54) is 6.20 Å². The average molecular weight is 338 g/mol. The summed E-state index contributed by atoms with van der Waals surface area (Å²) < 4.78 is 30.5. The molecule has 1 aromatic heterocycles. The standard InChI is InChI=1S/C16H23FN4O3/c1-22-9-11-13(10-2-5-24-14(10)11)19-16-18-8-12(17)15(20-16)21-3-6-23-7-4-21/h8,10-11,13-14H,2-7,9H2,1H3,(H,18,19,20)/t10-,11+,13+,14-/m1/s1. The van der Waals surface area contributed by atoms with Crippen molar-refractivity contribution in [3.63, 3.8) is 0 Å². The molecule has 0 unspecified atom stereocenters. The second-order valence-corrected chi connectivity index (χ2v) is 6.54. The molecule has 24 heavy (non-hydrogen) atoms. The van der Waals surface area contributed by atoms with Crippen molar-refractivity contribution in [2.75, 3.05) is 56.8 Å². The minimum absolute atomic E-state index is 0.209. The zero-order valence-corrected chi connectivity index (χ0v) is 13.8. The Hall–Kier alpha value is -1.51. The molecule has 3 heterocycles. The van der Waals surface area contributed by atoms with Crippen LogP contribution in [0.5, 0.6) is 0 Å². The Balaban J connectivity index is 1.50. The molecule has 1 saturated carbocycles. The lowest BCUT2D eigenvalue weighted by molar-refractivity contribution is -0.0668. The van der Waals surface area contributed by atoms with Gasteiger partial charge in [-0.1, -0.05) is 0 Å². The zero-order chi connectivity index (χ0) is 16.5. The van der Waals surface area contributed by atoms with Crippen molar-refractivity contribution in [2.24, 2.45) is 11.8 Å². The molecule has 8 heteroatoms. The van der Waals surface area contributed by atoms with Crippen molar-refractivity contribution in [3.8, 4) is 0 Å². The number of morpholine rings is 1. The number of anilines is 2. The predicted molar refractivity (Wildman–Crippen MR) is 85.6 cm³/mol. The Labute approximate surface area is 140 Å². The molecule has 0 bridgehead atoms. The van der Waals surface area contributed by atoms with E-state index in [2.05, 4.69) is 15.3 Å². The summed E-state index contributed by atoms with van der Waals surface area (Å²) in [4.78, 5) is 10.4. The highest BCUT2D eigenvalue weighted by molar-refractivity contribution is 5.45. The van der Waals surface area contributed by atoms with Gasteiger partial charge in [0.1, 0.15) is 0 Å². The van der Waals surface area contributed by atoms with Gasteiger partial charge in [0.05, 0.1) is 32.1 Å². The van der Waals surface area contributed by atoms with Crippen molar-refractivity contribution in [3.05, 3.63) is 12.0 Å². The number of aromatic nitrogens is 2. The van der Waals surface area contributed by atoms with E-state index in [1.807, 2.05) is 4.90 Å². The maximum Gasteiger partial charge on any atom is 0.225 e. The predicted octanol–water partition coefficient (Wildman–Crippen LogP) is 0.914. The number of ether oxygens (including phenoxy) is 3. The van der Waals surface area contributed by atoms with Crippen LogP contribution in [0.4, 0.5) is 16.2 Å². The summed E-state index contributed by atoms with van der Waals surface area (Å²) in [7, 11) is 1.70. The van der Waals surface area contributed by atoms with E-state index in [1.54, 1.807) is 7.11 Å². The van der Waals surface area contributed by atoms with Crippen LogP contribution in [0.2, 0.25) is 0 Å². The highest BCUT2D eigenvalue weighted by atomic mass is 19.1. The number of fused-ring (bicyclic) bond motifs is 1. The van der Waals surface area contributed by atoms with Crippen molar-refractivity contribution in [2.45, 2.75) is 18.6 Å². The first-order chi connectivity index (χ1) is 11.8. The Morgan fingerprint density at radius 1 is 1.38 bits per heavy atom. The number of halogens is 1. The number of hydrogen-bond acceptors (Lipinski definition) is 7. The van der Waals surface area contributed by atoms with Crippen LogP contribution < -0.4 is 10.2 Å². The van der Waals surface area contributed by atoms with Crippen LogP contribution >= 0.6 is 0 Å². The number of nitrogens with one attached hydrogen (secondary N) is 1. The fourth-order valence-corrected chi connectivity index (χ4v) is 4.01. The van der Waals surface area contributed by atoms with Gasteiger partial charge in [0.25, 0.3) is 0 Å². The van der Waals surface area contributed by atoms with E-state index < -0.39 is 5.82 Å². The first-order valence-electron chi connectivity index (χ1n) is 8.50. The summed E-state index contributed by atoms with van der Waals surface area (Å²) in [5, 5.41) is 3.38. The number of hydrogen-bond donors (Lipinski definition) is 1. The molecule has 2 saturated heterocycles. The molecule has 4 atom stereocenters. The quantitative estimate of drug-likeness (QED) is 0.856. The Kier molecular flexibility index (Phi) is 4.51. The van der Waals surface area contributed by atoms with Crippen LogP contribution in [0.1, 0.15) is 6.42 Å². The summed E-state index contributed by atoms with van der Waals surface area (Å²) in [5.41, 5.74) is 0. The third-order valence-corrected chi connectivity index (χ3v) is 5.22. The van der Waals surface area contributed by atoms with Gasteiger partial charge >= 0.3 is 0 Å². The topological polar surface area (TPSA) is 68.7 Å². The lowest BCUT2D eigenvalue weighted by atomic mass is 9.67. The van der Waals surface area contributed by atoms with E-state index in [0.29, 0.717) is 50.6 Å². The third kappa shape index (κ3) is 2.82. The number of rotatable bonds is 5. The average Bonchev–Trinajstić information content (AvgIpc) is 3.04. The van der Waals surface area contributed by atoms with Gasteiger partial charge in [0.2, 0.25) is 5.95 Å². The van der Waals surface area contributed by atoms with Gasteiger partial charge < -0.3 is 24.4 Å². The van der Waals surface area contributed by atoms with Crippen molar-refractivity contribution in [1.82, 2.24) is 9.97 Å². The molecule has 132 valence electrons. The summed E-state index contributed by atoms with van der Waals surface area (Å²) in [6.45, 7) is 3.88. The van der Waals surface area contributed by atoms with Gasteiger partial charge in [-0.25, -0.2) is 9.37 Å². The summed E-state index contributed by atoms with van der Waals surface area (Å²) >= 11 is 0. The van der Waals surface area contributed by atoms with Gasteiger partial charge in [-0.3, -0.25) is 0 Å². The number of nitrogens with zero attached hydrogens (tertiary/aromatic N) is 3. The molecule has 1 aliphatic carbocycles. The van der Waals surface area contributed by atoms with Crippen LogP contribution in [-0.2, 0) is 14.2 Å².